The summed E-state index contributed by atoms with van der Waals surface area (Å²) in [6.45, 7) is 3.39. The number of hydrogen-bond donors (Lipinski definition) is 2. The molecule has 0 aliphatic rings. The molecule has 1 aromatic carbocycles. The number of fused-ring (bicyclic) bond motifs is 1. The first-order valence-electron chi connectivity index (χ1n) is 9.49. The van der Waals surface area contributed by atoms with Crippen LogP contribution in [0.2, 0.25) is 0 Å². The van der Waals surface area contributed by atoms with Gasteiger partial charge in [-0.15, -0.1) is 0 Å². The molecular weight excluding hydrogens is 434 g/mol. The second-order valence-electron chi connectivity index (χ2n) is 7.14. The lowest BCUT2D eigenvalue weighted by atomic mass is 10.2. The van der Waals surface area contributed by atoms with Crippen molar-refractivity contribution in [2.75, 3.05) is 10.0 Å². The Morgan fingerprint density at radius 2 is 1.84 bits per heavy atom. The molecule has 3 heterocycles. The van der Waals surface area contributed by atoms with Crippen molar-refractivity contribution in [3.63, 3.8) is 0 Å². The molecule has 0 spiro atoms. The van der Waals surface area contributed by atoms with Crippen LogP contribution < -0.4 is 15.6 Å². The number of nitrogens with zero attached hydrogens (tertiary/aromatic N) is 3. The maximum atomic E-state index is 12.7. The van der Waals surface area contributed by atoms with Crippen molar-refractivity contribution in [1.82, 2.24) is 14.7 Å². The highest BCUT2D eigenvalue weighted by Gasteiger charge is 2.20. The molecular formula is C21H19N5O5S. The molecule has 0 aliphatic heterocycles. The van der Waals surface area contributed by atoms with E-state index in [1.165, 1.54) is 34.9 Å². The number of sulfonamides is 1. The first-order valence-corrected chi connectivity index (χ1v) is 11.0. The van der Waals surface area contributed by atoms with Gasteiger partial charge in [-0.2, -0.15) is 0 Å². The van der Waals surface area contributed by atoms with Crippen LogP contribution in [0.3, 0.4) is 0 Å². The molecule has 1 amide bonds. The van der Waals surface area contributed by atoms with E-state index in [0.29, 0.717) is 28.0 Å². The molecule has 0 bridgehead atoms. The highest BCUT2D eigenvalue weighted by Crippen LogP contribution is 2.23. The SMILES string of the molecule is Cc1noc(NS(=O)(=O)c2ccc(NC(=O)c3cc4cccnc4n(C)c3=O)cc2)c1C. The summed E-state index contributed by atoms with van der Waals surface area (Å²) < 4.78 is 33.8. The van der Waals surface area contributed by atoms with E-state index < -0.39 is 21.5 Å². The average Bonchev–Trinajstić information content (AvgIpc) is 3.08. The Morgan fingerprint density at radius 3 is 2.50 bits per heavy atom. The van der Waals surface area contributed by atoms with Gasteiger partial charge in [-0.3, -0.25) is 14.2 Å². The molecule has 0 saturated carbocycles. The number of rotatable bonds is 5. The normalized spacial score (nSPS) is 11.5. The third-order valence-electron chi connectivity index (χ3n) is 5.02. The van der Waals surface area contributed by atoms with E-state index in [1.54, 1.807) is 39.2 Å². The van der Waals surface area contributed by atoms with E-state index >= 15 is 0 Å². The Bertz CT molecular complexity index is 1500. The summed E-state index contributed by atoms with van der Waals surface area (Å²) in [4.78, 5) is 29.4. The molecule has 4 aromatic rings. The summed E-state index contributed by atoms with van der Waals surface area (Å²) in [5.74, 6) is -0.570. The van der Waals surface area contributed by atoms with Gasteiger partial charge in [0.05, 0.1) is 10.6 Å². The van der Waals surface area contributed by atoms with Gasteiger partial charge in [-0.1, -0.05) is 5.16 Å². The van der Waals surface area contributed by atoms with Crippen LogP contribution >= 0.6 is 0 Å². The third kappa shape index (κ3) is 3.85. The maximum absolute atomic E-state index is 12.7. The molecule has 0 unspecified atom stereocenters. The Kier molecular flexibility index (Phi) is 5.26. The zero-order valence-corrected chi connectivity index (χ0v) is 18.2. The van der Waals surface area contributed by atoms with Crippen molar-refractivity contribution in [3.8, 4) is 0 Å². The third-order valence-corrected chi connectivity index (χ3v) is 6.37. The standard InChI is InChI=1S/C21H19N5O5S/c1-12-13(2)24-31-20(12)25-32(29,30)16-8-6-15(7-9-16)23-19(27)17-11-14-5-4-10-22-18(14)26(3)21(17)28/h4-11,25H,1-3H3,(H,23,27). The quantitative estimate of drug-likeness (QED) is 0.474. The molecule has 11 heteroatoms. The lowest BCUT2D eigenvalue weighted by Crippen LogP contribution is -2.28. The molecule has 164 valence electrons. The number of aryl methyl sites for hydroxylation is 2. The van der Waals surface area contributed by atoms with Gasteiger partial charge in [0.1, 0.15) is 11.2 Å². The van der Waals surface area contributed by atoms with E-state index in [-0.39, 0.29) is 16.3 Å². The van der Waals surface area contributed by atoms with Crippen molar-refractivity contribution >= 4 is 38.5 Å². The number of benzene rings is 1. The topological polar surface area (TPSA) is 136 Å². The van der Waals surface area contributed by atoms with Gasteiger partial charge >= 0.3 is 0 Å². The molecule has 10 nitrogen and oxygen atoms in total. The zero-order chi connectivity index (χ0) is 23.0. The van der Waals surface area contributed by atoms with Crippen molar-refractivity contribution in [2.24, 2.45) is 7.05 Å². The van der Waals surface area contributed by atoms with Gasteiger partial charge in [0.25, 0.3) is 21.5 Å². The van der Waals surface area contributed by atoms with Crippen LogP contribution in [0.25, 0.3) is 11.0 Å². The van der Waals surface area contributed by atoms with Gasteiger partial charge in [0, 0.05) is 29.9 Å². The summed E-state index contributed by atoms with van der Waals surface area (Å²) in [6, 6.07) is 10.5. The first-order chi connectivity index (χ1) is 15.2. The summed E-state index contributed by atoms with van der Waals surface area (Å²) in [7, 11) is -2.37. The monoisotopic (exact) mass is 453 g/mol. The molecule has 0 saturated heterocycles. The molecule has 0 radical (unpaired) electrons. The van der Waals surface area contributed by atoms with Crippen molar-refractivity contribution in [1.29, 1.82) is 0 Å². The van der Waals surface area contributed by atoms with Crippen molar-refractivity contribution in [3.05, 3.63) is 75.8 Å². The number of amides is 1. The largest absolute Gasteiger partial charge is 0.337 e. The number of nitrogens with one attached hydrogen (secondary N) is 2. The highest BCUT2D eigenvalue weighted by atomic mass is 32.2. The van der Waals surface area contributed by atoms with Crippen LogP contribution in [0.15, 0.2) is 62.9 Å². The minimum Gasteiger partial charge on any atom is -0.337 e. The Balaban J connectivity index is 1.56. The fourth-order valence-electron chi connectivity index (χ4n) is 3.07. The van der Waals surface area contributed by atoms with Crippen LogP contribution in [0.1, 0.15) is 21.6 Å². The van der Waals surface area contributed by atoms with Crippen LogP contribution in [0.4, 0.5) is 11.6 Å². The lowest BCUT2D eigenvalue weighted by molar-refractivity contribution is 0.102. The summed E-state index contributed by atoms with van der Waals surface area (Å²) in [6.07, 6.45) is 1.57. The van der Waals surface area contributed by atoms with Crippen LogP contribution in [-0.2, 0) is 17.1 Å². The fourth-order valence-corrected chi connectivity index (χ4v) is 4.11. The molecule has 0 fully saturated rings. The Morgan fingerprint density at radius 1 is 1.12 bits per heavy atom. The lowest BCUT2D eigenvalue weighted by Gasteiger charge is -2.10. The second kappa shape index (κ2) is 7.93. The van der Waals surface area contributed by atoms with E-state index in [0.717, 1.165) is 0 Å². The van der Waals surface area contributed by atoms with Crippen molar-refractivity contribution < 1.29 is 17.7 Å². The number of aromatic nitrogens is 3. The zero-order valence-electron chi connectivity index (χ0n) is 17.4. The van der Waals surface area contributed by atoms with Gasteiger partial charge in [-0.05, 0) is 56.3 Å². The number of anilines is 2. The number of pyridine rings is 2. The van der Waals surface area contributed by atoms with Crippen molar-refractivity contribution in [2.45, 2.75) is 18.7 Å². The van der Waals surface area contributed by atoms with Gasteiger partial charge < -0.3 is 9.84 Å². The molecule has 0 aliphatic carbocycles. The number of hydrogen-bond acceptors (Lipinski definition) is 7. The fraction of sp³-hybridized carbons (Fsp3) is 0.143. The maximum Gasteiger partial charge on any atom is 0.264 e. The van der Waals surface area contributed by atoms with E-state index in [4.69, 9.17) is 4.52 Å². The first kappa shape index (κ1) is 21.2. The Labute approximate surface area is 182 Å². The highest BCUT2D eigenvalue weighted by molar-refractivity contribution is 7.92. The second-order valence-corrected chi connectivity index (χ2v) is 8.83. The molecule has 0 atom stereocenters. The van der Waals surface area contributed by atoms with Crippen LogP contribution in [0.5, 0.6) is 0 Å². The smallest absolute Gasteiger partial charge is 0.264 e. The van der Waals surface area contributed by atoms with Gasteiger partial charge in [0.2, 0.25) is 5.88 Å². The predicted molar refractivity (Wildman–Crippen MR) is 118 cm³/mol. The van der Waals surface area contributed by atoms with E-state index in [2.05, 4.69) is 20.2 Å². The molecule has 4 rings (SSSR count). The minimum atomic E-state index is -3.91. The molecule has 2 N–H and O–H groups in total. The Hall–Kier alpha value is -3.99. The van der Waals surface area contributed by atoms with E-state index in [1.807, 2.05) is 0 Å². The number of carbonyl (C=O) groups is 1. The summed E-state index contributed by atoms with van der Waals surface area (Å²) >= 11 is 0. The van der Waals surface area contributed by atoms with E-state index in [9.17, 15) is 18.0 Å². The van der Waals surface area contributed by atoms with Gasteiger partial charge in [0.15, 0.2) is 0 Å². The minimum absolute atomic E-state index is 0.0309. The van der Waals surface area contributed by atoms with Gasteiger partial charge in [-0.25, -0.2) is 18.1 Å². The number of carbonyl (C=O) groups excluding carboxylic acids is 1. The van der Waals surface area contributed by atoms with Crippen LogP contribution in [-0.4, -0.2) is 29.0 Å². The molecule has 32 heavy (non-hydrogen) atoms. The average molecular weight is 453 g/mol. The summed E-state index contributed by atoms with van der Waals surface area (Å²) in [5.41, 5.74) is 1.42. The molecule has 3 aromatic heterocycles. The predicted octanol–water partition coefficient (Wildman–Crippen LogP) is 2.59. The summed E-state index contributed by atoms with van der Waals surface area (Å²) in [5, 5.41) is 6.98. The van der Waals surface area contributed by atoms with Crippen LogP contribution in [0, 0.1) is 13.8 Å².